The standard InChI is InChI=1S/C15H22N4O3/c1-18(2)5-6-19-10-12(16-17-19)11-22-15-8-13(20-3)7-14(9-15)21-4/h7-10H,5-6,11H2,1-4H3. The molecule has 22 heavy (non-hydrogen) atoms. The maximum Gasteiger partial charge on any atom is 0.134 e. The van der Waals surface area contributed by atoms with Crippen molar-refractivity contribution in [3.8, 4) is 17.2 Å². The van der Waals surface area contributed by atoms with Crippen LogP contribution in [0.25, 0.3) is 0 Å². The maximum absolute atomic E-state index is 5.73. The van der Waals surface area contributed by atoms with Gasteiger partial charge < -0.3 is 19.1 Å². The topological polar surface area (TPSA) is 61.6 Å². The average molecular weight is 306 g/mol. The van der Waals surface area contributed by atoms with Gasteiger partial charge in [-0.25, -0.2) is 0 Å². The molecule has 0 saturated heterocycles. The van der Waals surface area contributed by atoms with E-state index >= 15 is 0 Å². The van der Waals surface area contributed by atoms with Gasteiger partial charge in [-0.3, -0.25) is 4.68 Å². The van der Waals surface area contributed by atoms with Gasteiger partial charge in [0.25, 0.3) is 0 Å². The molecule has 1 heterocycles. The van der Waals surface area contributed by atoms with Gasteiger partial charge in [0.2, 0.25) is 0 Å². The molecular formula is C15H22N4O3. The Labute approximate surface area is 130 Å². The highest BCUT2D eigenvalue weighted by molar-refractivity contribution is 5.42. The first kappa shape index (κ1) is 16.1. The Kier molecular flexibility index (Phi) is 5.60. The molecule has 0 amide bonds. The molecule has 0 N–H and O–H groups in total. The van der Waals surface area contributed by atoms with E-state index in [1.807, 2.05) is 25.0 Å². The molecule has 0 unspecified atom stereocenters. The first-order chi connectivity index (χ1) is 10.6. The van der Waals surface area contributed by atoms with E-state index in [-0.39, 0.29) is 0 Å². The van der Waals surface area contributed by atoms with Gasteiger partial charge in [0.05, 0.1) is 27.0 Å². The summed E-state index contributed by atoms with van der Waals surface area (Å²) in [6.07, 6.45) is 1.89. The highest BCUT2D eigenvalue weighted by atomic mass is 16.5. The minimum Gasteiger partial charge on any atom is -0.496 e. The molecule has 2 rings (SSSR count). The van der Waals surface area contributed by atoms with Gasteiger partial charge >= 0.3 is 0 Å². The predicted molar refractivity (Wildman–Crippen MR) is 82.5 cm³/mol. The lowest BCUT2D eigenvalue weighted by Gasteiger charge is -2.09. The van der Waals surface area contributed by atoms with Gasteiger partial charge in [0.1, 0.15) is 29.5 Å². The minimum absolute atomic E-state index is 0.346. The highest BCUT2D eigenvalue weighted by Gasteiger charge is 2.06. The number of likely N-dealkylation sites (N-methyl/N-ethyl adjacent to an activating group) is 1. The maximum atomic E-state index is 5.73. The molecule has 0 saturated carbocycles. The van der Waals surface area contributed by atoms with Crippen LogP contribution >= 0.6 is 0 Å². The van der Waals surface area contributed by atoms with Crippen molar-refractivity contribution < 1.29 is 14.2 Å². The van der Waals surface area contributed by atoms with E-state index in [2.05, 4.69) is 15.2 Å². The van der Waals surface area contributed by atoms with Crippen molar-refractivity contribution in [2.75, 3.05) is 34.9 Å². The summed E-state index contributed by atoms with van der Waals surface area (Å²) in [4.78, 5) is 2.10. The van der Waals surface area contributed by atoms with Gasteiger partial charge in [0, 0.05) is 24.7 Å². The molecule has 0 atom stereocenters. The Bertz CT molecular complexity index is 576. The van der Waals surface area contributed by atoms with Crippen molar-refractivity contribution in [3.05, 3.63) is 30.1 Å². The minimum atomic E-state index is 0.346. The number of nitrogens with zero attached hydrogens (tertiary/aromatic N) is 4. The van der Waals surface area contributed by atoms with Crippen LogP contribution in [0, 0.1) is 0 Å². The van der Waals surface area contributed by atoms with Crippen LogP contribution in [0.3, 0.4) is 0 Å². The van der Waals surface area contributed by atoms with Crippen LogP contribution in [0.1, 0.15) is 5.69 Å². The lowest BCUT2D eigenvalue weighted by Crippen LogP contribution is -2.18. The third kappa shape index (κ3) is 4.63. The van der Waals surface area contributed by atoms with Crippen LogP contribution in [-0.2, 0) is 13.2 Å². The number of hydrogen-bond acceptors (Lipinski definition) is 6. The first-order valence-electron chi connectivity index (χ1n) is 7.00. The fourth-order valence-corrected chi connectivity index (χ4v) is 1.84. The molecule has 120 valence electrons. The van der Waals surface area contributed by atoms with Gasteiger partial charge in [-0.2, -0.15) is 0 Å². The molecule has 0 fully saturated rings. The van der Waals surface area contributed by atoms with Gasteiger partial charge in [0.15, 0.2) is 0 Å². The molecule has 1 aromatic heterocycles. The van der Waals surface area contributed by atoms with Crippen LogP contribution in [0.15, 0.2) is 24.4 Å². The summed E-state index contributed by atoms with van der Waals surface area (Å²) in [5, 5.41) is 8.18. The van der Waals surface area contributed by atoms with E-state index in [4.69, 9.17) is 14.2 Å². The smallest absolute Gasteiger partial charge is 0.134 e. The second kappa shape index (κ2) is 7.65. The SMILES string of the molecule is COc1cc(OC)cc(OCc2cn(CCN(C)C)nn2)c1. The molecule has 2 aromatic rings. The second-order valence-electron chi connectivity index (χ2n) is 5.11. The summed E-state index contributed by atoms with van der Waals surface area (Å²) in [6.45, 7) is 2.06. The van der Waals surface area contributed by atoms with Crippen LogP contribution in [0.5, 0.6) is 17.2 Å². The Hall–Kier alpha value is -2.28. The summed E-state index contributed by atoms with van der Waals surface area (Å²) in [7, 11) is 7.26. The Morgan fingerprint density at radius 3 is 2.27 bits per heavy atom. The van der Waals surface area contributed by atoms with E-state index in [0.29, 0.717) is 23.9 Å². The number of ether oxygens (including phenoxy) is 3. The third-order valence-electron chi connectivity index (χ3n) is 3.07. The van der Waals surface area contributed by atoms with E-state index < -0.39 is 0 Å². The molecule has 0 spiro atoms. The summed E-state index contributed by atoms with van der Waals surface area (Å²) in [6, 6.07) is 5.41. The van der Waals surface area contributed by atoms with Crippen molar-refractivity contribution in [2.24, 2.45) is 0 Å². The largest absolute Gasteiger partial charge is 0.496 e. The van der Waals surface area contributed by atoms with Crippen molar-refractivity contribution in [3.63, 3.8) is 0 Å². The highest BCUT2D eigenvalue weighted by Crippen LogP contribution is 2.27. The third-order valence-corrected chi connectivity index (χ3v) is 3.07. The van der Waals surface area contributed by atoms with Crippen LogP contribution in [0.4, 0.5) is 0 Å². The second-order valence-corrected chi connectivity index (χ2v) is 5.11. The van der Waals surface area contributed by atoms with E-state index in [9.17, 15) is 0 Å². The zero-order chi connectivity index (χ0) is 15.9. The summed E-state index contributed by atoms with van der Waals surface area (Å²) in [5.74, 6) is 2.03. The lowest BCUT2D eigenvalue weighted by molar-refractivity contribution is 0.295. The monoisotopic (exact) mass is 306 g/mol. The normalized spacial score (nSPS) is 10.8. The molecule has 0 aliphatic carbocycles. The molecule has 0 bridgehead atoms. The number of rotatable bonds is 8. The Balaban J connectivity index is 1.95. The van der Waals surface area contributed by atoms with Gasteiger partial charge in [-0.05, 0) is 14.1 Å². The Morgan fingerprint density at radius 1 is 1.05 bits per heavy atom. The van der Waals surface area contributed by atoms with E-state index in [1.54, 1.807) is 32.4 Å². The van der Waals surface area contributed by atoms with Crippen LogP contribution < -0.4 is 14.2 Å². The fraction of sp³-hybridized carbons (Fsp3) is 0.467. The van der Waals surface area contributed by atoms with E-state index in [1.165, 1.54) is 0 Å². The lowest BCUT2D eigenvalue weighted by atomic mass is 10.3. The quantitative estimate of drug-likeness (QED) is 0.735. The Morgan fingerprint density at radius 2 is 1.68 bits per heavy atom. The zero-order valence-electron chi connectivity index (χ0n) is 13.4. The predicted octanol–water partition coefficient (Wildman–Crippen LogP) is 1.44. The molecule has 0 aliphatic heterocycles. The van der Waals surface area contributed by atoms with Crippen molar-refractivity contribution in [1.29, 1.82) is 0 Å². The van der Waals surface area contributed by atoms with Crippen LogP contribution in [0.2, 0.25) is 0 Å². The number of benzene rings is 1. The molecule has 7 nitrogen and oxygen atoms in total. The first-order valence-corrected chi connectivity index (χ1v) is 7.00. The van der Waals surface area contributed by atoms with Gasteiger partial charge in [-0.15, -0.1) is 5.10 Å². The summed E-state index contributed by atoms with van der Waals surface area (Å²) in [5.41, 5.74) is 0.778. The summed E-state index contributed by atoms with van der Waals surface area (Å²) >= 11 is 0. The molecule has 7 heteroatoms. The molecule has 0 radical (unpaired) electrons. The van der Waals surface area contributed by atoms with Crippen molar-refractivity contribution in [1.82, 2.24) is 19.9 Å². The molecule has 1 aromatic carbocycles. The van der Waals surface area contributed by atoms with E-state index in [0.717, 1.165) is 18.8 Å². The fourth-order valence-electron chi connectivity index (χ4n) is 1.84. The number of aromatic nitrogens is 3. The molecule has 0 aliphatic rings. The summed E-state index contributed by atoms with van der Waals surface area (Å²) < 4.78 is 18.0. The molecular weight excluding hydrogens is 284 g/mol. The average Bonchev–Trinajstić information content (AvgIpc) is 2.98. The van der Waals surface area contributed by atoms with Crippen LogP contribution in [-0.4, -0.2) is 54.8 Å². The number of hydrogen-bond donors (Lipinski definition) is 0. The van der Waals surface area contributed by atoms with Gasteiger partial charge in [-0.1, -0.05) is 5.21 Å². The van der Waals surface area contributed by atoms with Crippen molar-refractivity contribution in [2.45, 2.75) is 13.2 Å². The zero-order valence-corrected chi connectivity index (χ0v) is 13.4. The van der Waals surface area contributed by atoms with Crippen molar-refractivity contribution >= 4 is 0 Å². The number of methoxy groups -OCH3 is 2.